The Morgan fingerprint density at radius 3 is 2.33 bits per heavy atom. The number of aryl methyl sites for hydroxylation is 1. The largest absolute Gasteiger partial charge is 0.490 e. The second-order valence-corrected chi connectivity index (χ2v) is 16.9. The van der Waals surface area contributed by atoms with Crippen molar-refractivity contribution >= 4 is 11.6 Å². The van der Waals surface area contributed by atoms with Crippen LogP contribution in [0.3, 0.4) is 0 Å². The van der Waals surface area contributed by atoms with Crippen molar-refractivity contribution in [3.63, 3.8) is 0 Å². The molecule has 0 radical (unpaired) electrons. The minimum absolute atomic E-state index is 0.00268. The number of morpholine rings is 1. The molecule has 6 atom stereocenters. The van der Waals surface area contributed by atoms with E-state index in [1.54, 1.807) is 6.07 Å². The quantitative estimate of drug-likeness (QED) is 0.128. The van der Waals surface area contributed by atoms with Gasteiger partial charge in [0.15, 0.2) is 0 Å². The number of fused-ring (bicyclic) bond motifs is 5. The average molecular weight is 797 g/mol. The zero-order valence-electron chi connectivity index (χ0n) is 33.4. The van der Waals surface area contributed by atoms with E-state index in [2.05, 4.69) is 41.4 Å². The van der Waals surface area contributed by atoms with Crippen LogP contribution >= 0.6 is 0 Å². The van der Waals surface area contributed by atoms with E-state index in [0.717, 1.165) is 74.7 Å². The van der Waals surface area contributed by atoms with Crippen LogP contribution in [0.25, 0.3) is 0 Å². The lowest BCUT2D eigenvalue weighted by Crippen LogP contribution is -2.52. The van der Waals surface area contributed by atoms with E-state index in [-0.39, 0.29) is 41.2 Å². The van der Waals surface area contributed by atoms with Gasteiger partial charge in [-0.1, -0.05) is 73.7 Å². The van der Waals surface area contributed by atoms with Gasteiger partial charge in [0.2, 0.25) is 5.91 Å². The Hall–Kier alpha value is -4.38. The Balaban J connectivity index is 1.03. The van der Waals surface area contributed by atoms with Gasteiger partial charge >= 0.3 is 6.18 Å². The summed E-state index contributed by atoms with van der Waals surface area (Å²) >= 11 is 0. The summed E-state index contributed by atoms with van der Waals surface area (Å²) in [6.45, 7) is 7.25. The van der Waals surface area contributed by atoms with Crippen molar-refractivity contribution < 1.29 is 36.9 Å². The van der Waals surface area contributed by atoms with Gasteiger partial charge in [-0.05, 0) is 116 Å². The lowest BCUT2D eigenvalue weighted by Gasteiger charge is -2.53. The highest BCUT2D eigenvalue weighted by atomic mass is 19.4. The number of unbranched alkanes of at least 4 members (excludes halogenated alkanes) is 1. The lowest BCUT2D eigenvalue weighted by molar-refractivity contribution is -0.137. The Morgan fingerprint density at radius 2 is 1.59 bits per heavy atom. The first-order chi connectivity index (χ1) is 28.1. The second-order valence-electron chi connectivity index (χ2n) is 16.9. The van der Waals surface area contributed by atoms with E-state index in [1.165, 1.54) is 17.2 Å². The van der Waals surface area contributed by atoms with E-state index in [4.69, 9.17) is 18.9 Å². The third-order valence-corrected chi connectivity index (χ3v) is 13.2. The maximum absolute atomic E-state index is 14.7. The van der Waals surface area contributed by atoms with Crippen LogP contribution in [-0.2, 0) is 40.1 Å². The van der Waals surface area contributed by atoms with E-state index in [9.17, 15) is 18.0 Å². The molecule has 8 rings (SSSR count). The molecule has 3 fully saturated rings. The number of benzene rings is 4. The molecule has 3 aliphatic carbocycles. The van der Waals surface area contributed by atoms with Crippen LogP contribution in [0, 0.1) is 17.3 Å². The summed E-state index contributed by atoms with van der Waals surface area (Å²) in [5.74, 6) is 1.18. The fourth-order valence-corrected chi connectivity index (χ4v) is 10.3. The first kappa shape index (κ1) is 40.4. The Morgan fingerprint density at radius 1 is 0.862 bits per heavy atom. The summed E-state index contributed by atoms with van der Waals surface area (Å²) in [6.07, 6.45) is 0.912. The number of anilines is 1. The van der Waals surface area contributed by atoms with E-state index in [0.29, 0.717) is 45.2 Å². The molecule has 58 heavy (non-hydrogen) atoms. The van der Waals surface area contributed by atoms with Crippen LogP contribution in [0.15, 0.2) is 97.1 Å². The highest BCUT2D eigenvalue weighted by molar-refractivity contribution is 5.91. The molecule has 0 spiro atoms. The summed E-state index contributed by atoms with van der Waals surface area (Å²) in [6, 6.07) is 30.6. The summed E-state index contributed by atoms with van der Waals surface area (Å²) in [4.78, 5) is 15.2. The van der Waals surface area contributed by atoms with Crippen molar-refractivity contribution in [2.75, 3.05) is 38.2 Å². The molecular weight excluding hydrogens is 742 g/mol. The van der Waals surface area contributed by atoms with Crippen LogP contribution in [0.1, 0.15) is 85.6 Å². The third-order valence-electron chi connectivity index (χ3n) is 13.2. The molecule has 4 aliphatic rings. The van der Waals surface area contributed by atoms with Gasteiger partial charge in [0.25, 0.3) is 0 Å². The fraction of sp³-hybridized carbons (Fsp3) is 0.479. The number of nitrogens with one attached hydrogen (secondary N) is 1. The van der Waals surface area contributed by atoms with E-state index in [1.807, 2.05) is 54.6 Å². The molecule has 10 heteroatoms. The molecule has 0 aromatic heterocycles. The molecule has 1 saturated heterocycles. The molecule has 1 amide bonds. The van der Waals surface area contributed by atoms with Crippen LogP contribution < -0.4 is 14.8 Å². The van der Waals surface area contributed by atoms with Crippen molar-refractivity contribution in [3.05, 3.63) is 125 Å². The zero-order chi connectivity index (χ0) is 40.1. The number of hydrogen-bond acceptors (Lipinski definition) is 6. The average Bonchev–Trinajstić information content (AvgIpc) is 3.57. The number of rotatable bonds is 14. The Labute approximate surface area is 340 Å². The molecule has 1 N–H and O–H groups in total. The molecule has 308 valence electrons. The number of ether oxygens (including phenoxy) is 4. The van der Waals surface area contributed by atoms with Gasteiger partial charge < -0.3 is 24.3 Å². The molecule has 2 saturated carbocycles. The summed E-state index contributed by atoms with van der Waals surface area (Å²) < 4.78 is 69.3. The Bertz CT molecular complexity index is 1990. The smallest absolute Gasteiger partial charge is 0.418 e. The zero-order valence-corrected chi connectivity index (χ0v) is 33.4. The van der Waals surface area contributed by atoms with Gasteiger partial charge in [-0.2, -0.15) is 13.2 Å². The number of halogens is 3. The number of nitrogens with zero attached hydrogens (tertiary/aromatic N) is 1. The SMILES string of the molecule is C[C@]12C[C@H](Oc3ccc(NC(=O)CCCCN4CCOCC4)c(C(F)(F)F)c3)[C@@H]3c4ccc(OCc5ccccc5)cc4CC[C@H]3[C@@H]1CC[C@@H]2OCc1ccccc1. The number of hydrogen-bond donors (Lipinski definition) is 1. The molecule has 1 aliphatic heterocycles. The first-order valence-electron chi connectivity index (χ1n) is 21.1. The molecule has 0 unspecified atom stereocenters. The minimum atomic E-state index is -4.69. The van der Waals surface area contributed by atoms with Crippen LogP contribution in [0.5, 0.6) is 11.5 Å². The van der Waals surface area contributed by atoms with Gasteiger partial charge in [0.1, 0.15) is 24.2 Å². The van der Waals surface area contributed by atoms with E-state index < -0.39 is 23.8 Å². The molecule has 4 aromatic rings. The van der Waals surface area contributed by atoms with Crippen molar-refractivity contribution in [1.29, 1.82) is 0 Å². The Kier molecular flexibility index (Phi) is 12.4. The minimum Gasteiger partial charge on any atom is -0.490 e. The second kappa shape index (κ2) is 17.9. The normalized spacial score (nSPS) is 25.6. The van der Waals surface area contributed by atoms with Crippen LogP contribution in [0.4, 0.5) is 18.9 Å². The molecule has 7 nitrogen and oxygen atoms in total. The van der Waals surface area contributed by atoms with Crippen molar-refractivity contribution in [2.45, 2.75) is 95.8 Å². The number of amides is 1. The summed E-state index contributed by atoms with van der Waals surface area (Å²) in [7, 11) is 0. The monoisotopic (exact) mass is 796 g/mol. The first-order valence-corrected chi connectivity index (χ1v) is 21.1. The topological polar surface area (TPSA) is 69.3 Å². The van der Waals surface area contributed by atoms with Gasteiger partial charge in [0.05, 0.1) is 37.2 Å². The van der Waals surface area contributed by atoms with Crippen LogP contribution in [0.2, 0.25) is 0 Å². The molecule has 1 heterocycles. The number of alkyl halides is 3. The maximum atomic E-state index is 14.7. The summed E-state index contributed by atoms with van der Waals surface area (Å²) in [5.41, 5.74) is 3.23. The maximum Gasteiger partial charge on any atom is 0.418 e. The highest BCUT2D eigenvalue weighted by Gasteiger charge is 2.59. The van der Waals surface area contributed by atoms with Gasteiger partial charge in [-0.3, -0.25) is 9.69 Å². The molecular formula is C48H55F3N2O5. The van der Waals surface area contributed by atoms with Crippen molar-refractivity contribution in [3.8, 4) is 11.5 Å². The predicted molar refractivity (Wildman–Crippen MR) is 218 cm³/mol. The molecule has 0 bridgehead atoms. The van der Waals surface area contributed by atoms with Crippen LogP contribution in [-0.4, -0.2) is 55.9 Å². The standard InChI is InChI=1S/C48H55F3N2O5/c1-47-30-43(58-37-17-21-42(41(29-37)48(49,50)51)52-45(54)14-8-9-23-53-24-26-55-27-25-53)46-38-19-16-36(56-31-33-10-4-2-5-11-33)28-35(38)15-18-39(46)40(47)20-22-44(47)57-32-34-12-6-3-7-13-34/h2-7,10-13,16-17,19,21,28-29,39-40,43-44,46H,8-9,14-15,18,20,22-27,30-32H2,1H3,(H,52,54)/t39-,40-,43-,44-,46+,47-/m0/s1. The fourth-order valence-electron chi connectivity index (χ4n) is 10.3. The third kappa shape index (κ3) is 9.24. The van der Waals surface area contributed by atoms with Crippen molar-refractivity contribution in [1.82, 2.24) is 4.90 Å². The van der Waals surface area contributed by atoms with Gasteiger partial charge in [-0.25, -0.2) is 0 Å². The number of carbonyl (C=O) groups excluding carboxylic acids is 1. The van der Waals surface area contributed by atoms with E-state index >= 15 is 0 Å². The van der Waals surface area contributed by atoms with Crippen molar-refractivity contribution in [2.24, 2.45) is 17.3 Å². The lowest BCUT2D eigenvalue weighted by atomic mass is 9.54. The predicted octanol–water partition coefficient (Wildman–Crippen LogP) is 10.2. The van der Waals surface area contributed by atoms with Gasteiger partial charge in [-0.15, -0.1) is 0 Å². The summed E-state index contributed by atoms with van der Waals surface area (Å²) in [5, 5.41) is 2.56. The number of carbonyl (C=O) groups is 1. The van der Waals surface area contributed by atoms with Gasteiger partial charge in [0, 0.05) is 30.8 Å². The highest BCUT2D eigenvalue weighted by Crippen LogP contribution is 2.62. The molecule has 4 aromatic carbocycles.